The fourth-order valence-electron chi connectivity index (χ4n) is 2.11. The zero-order chi connectivity index (χ0) is 14.7. The van der Waals surface area contributed by atoms with Gasteiger partial charge >= 0.3 is 0 Å². The van der Waals surface area contributed by atoms with Gasteiger partial charge in [0.1, 0.15) is 23.2 Å². The number of hydrogen-bond acceptors (Lipinski definition) is 5. The van der Waals surface area contributed by atoms with E-state index in [0.717, 1.165) is 34.5 Å². The molecule has 5 heteroatoms. The summed E-state index contributed by atoms with van der Waals surface area (Å²) in [5.41, 5.74) is 2.07. The Morgan fingerprint density at radius 2 is 1.75 bits per heavy atom. The topological polar surface area (TPSA) is 50.3 Å². The molecule has 0 bridgehead atoms. The Bertz CT molecular complexity index is 596. The van der Waals surface area contributed by atoms with Gasteiger partial charge in [0.15, 0.2) is 0 Å². The summed E-state index contributed by atoms with van der Waals surface area (Å²) in [6, 6.07) is 7.89. The Labute approximate surface area is 119 Å². The molecule has 1 N–H and O–H groups in total. The van der Waals surface area contributed by atoms with Crippen molar-refractivity contribution in [2.75, 3.05) is 31.4 Å². The molecular weight excluding hydrogens is 252 g/mol. The lowest BCUT2D eigenvalue weighted by atomic mass is 10.2. The third kappa shape index (κ3) is 2.66. The smallest absolute Gasteiger partial charge is 0.141 e. The number of anilines is 3. The number of hydrogen-bond donors (Lipinski definition) is 1. The number of aromatic nitrogens is 2. The van der Waals surface area contributed by atoms with Crippen LogP contribution in [0, 0.1) is 13.8 Å². The van der Waals surface area contributed by atoms with Gasteiger partial charge in [0, 0.05) is 25.3 Å². The molecule has 1 aromatic carbocycles. The molecule has 1 heterocycles. The van der Waals surface area contributed by atoms with Gasteiger partial charge in [0.05, 0.1) is 7.11 Å². The maximum atomic E-state index is 5.18. The highest BCUT2D eigenvalue weighted by Crippen LogP contribution is 2.29. The number of ether oxygens (including phenoxy) is 1. The van der Waals surface area contributed by atoms with Gasteiger partial charge in [-0.3, -0.25) is 0 Å². The van der Waals surface area contributed by atoms with E-state index in [1.54, 1.807) is 7.11 Å². The summed E-state index contributed by atoms with van der Waals surface area (Å²) in [6.07, 6.45) is 0. The number of rotatable bonds is 4. The van der Waals surface area contributed by atoms with Crippen LogP contribution in [0.3, 0.4) is 0 Å². The van der Waals surface area contributed by atoms with Gasteiger partial charge < -0.3 is 15.0 Å². The molecule has 2 aromatic rings. The minimum atomic E-state index is 0.746. The standard InChI is InChI=1S/C15H20N4O/c1-10-14(16-3)17-11(2)18-15(10)19(4)12-6-8-13(20-5)9-7-12/h6-9H,1-5H3,(H,16,17,18). The lowest BCUT2D eigenvalue weighted by Gasteiger charge is -2.22. The van der Waals surface area contributed by atoms with Crippen molar-refractivity contribution in [2.45, 2.75) is 13.8 Å². The Hall–Kier alpha value is -2.30. The molecule has 0 unspecified atom stereocenters. The number of nitrogens with zero attached hydrogens (tertiary/aromatic N) is 3. The van der Waals surface area contributed by atoms with Gasteiger partial charge in [-0.15, -0.1) is 0 Å². The van der Waals surface area contributed by atoms with Crippen LogP contribution in [-0.2, 0) is 0 Å². The molecule has 5 nitrogen and oxygen atoms in total. The monoisotopic (exact) mass is 272 g/mol. The molecule has 0 aliphatic heterocycles. The second kappa shape index (κ2) is 5.77. The van der Waals surface area contributed by atoms with Gasteiger partial charge in [-0.2, -0.15) is 0 Å². The zero-order valence-corrected chi connectivity index (χ0v) is 12.6. The van der Waals surface area contributed by atoms with Crippen LogP contribution in [0.25, 0.3) is 0 Å². The molecule has 2 rings (SSSR count). The van der Waals surface area contributed by atoms with Crippen molar-refractivity contribution in [2.24, 2.45) is 0 Å². The summed E-state index contributed by atoms with van der Waals surface area (Å²) in [7, 11) is 5.53. The van der Waals surface area contributed by atoms with Crippen LogP contribution in [0.1, 0.15) is 11.4 Å². The van der Waals surface area contributed by atoms with E-state index >= 15 is 0 Å². The summed E-state index contributed by atoms with van der Waals surface area (Å²) in [4.78, 5) is 11.0. The highest BCUT2D eigenvalue weighted by Gasteiger charge is 2.13. The van der Waals surface area contributed by atoms with E-state index in [4.69, 9.17) is 4.74 Å². The SMILES string of the molecule is CNc1nc(C)nc(N(C)c2ccc(OC)cc2)c1C. The van der Waals surface area contributed by atoms with E-state index in [-0.39, 0.29) is 0 Å². The molecule has 0 saturated heterocycles. The molecule has 0 aliphatic rings. The first-order valence-electron chi connectivity index (χ1n) is 6.47. The normalized spacial score (nSPS) is 10.2. The lowest BCUT2D eigenvalue weighted by molar-refractivity contribution is 0.415. The molecule has 0 fully saturated rings. The van der Waals surface area contributed by atoms with Crippen molar-refractivity contribution in [3.8, 4) is 5.75 Å². The molecule has 0 saturated carbocycles. The number of nitrogens with one attached hydrogen (secondary N) is 1. The summed E-state index contributed by atoms with van der Waals surface area (Å²) in [5.74, 6) is 3.34. The second-order valence-electron chi connectivity index (χ2n) is 4.58. The van der Waals surface area contributed by atoms with E-state index in [0.29, 0.717) is 0 Å². The highest BCUT2D eigenvalue weighted by molar-refractivity contribution is 5.67. The molecule has 1 aromatic heterocycles. The molecule has 106 valence electrons. The Kier molecular flexibility index (Phi) is 4.08. The average molecular weight is 272 g/mol. The zero-order valence-electron chi connectivity index (χ0n) is 12.6. The van der Waals surface area contributed by atoms with Crippen LogP contribution in [0.4, 0.5) is 17.3 Å². The van der Waals surface area contributed by atoms with E-state index < -0.39 is 0 Å². The maximum absolute atomic E-state index is 5.18. The number of aryl methyl sites for hydroxylation is 1. The van der Waals surface area contributed by atoms with Gasteiger partial charge in [-0.1, -0.05) is 0 Å². The average Bonchev–Trinajstić information content (AvgIpc) is 2.48. The van der Waals surface area contributed by atoms with Crippen molar-refractivity contribution >= 4 is 17.3 Å². The maximum Gasteiger partial charge on any atom is 0.141 e. The molecule has 0 amide bonds. The minimum Gasteiger partial charge on any atom is -0.497 e. The predicted molar refractivity (Wildman–Crippen MR) is 82.1 cm³/mol. The molecule has 20 heavy (non-hydrogen) atoms. The quantitative estimate of drug-likeness (QED) is 0.927. The third-order valence-electron chi connectivity index (χ3n) is 3.25. The number of benzene rings is 1. The second-order valence-corrected chi connectivity index (χ2v) is 4.58. The molecule has 0 atom stereocenters. The summed E-state index contributed by atoms with van der Waals surface area (Å²) < 4.78 is 5.18. The first-order valence-corrected chi connectivity index (χ1v) is 6.47. The fourth-order valence-corrected chi connectivity index (χ4v) is 2.11. The van der Waals surface area contributed by atoms with Crippen LogP contribution in [0.5, 0.6) is 5.75 Å². The van der Waals surface area contributed by atoms with Crippen molar-refractivity contribution in [3.05, 3.63) is 35.7 Å². The van der Waals surface area contributed by atoms with Gasteiger partial charge in [0.25, 0.3) is 0 Å². The van der Waals surface area contributed by atoms with Crippen molar-refractivity contribution < 1.29 is 4.74 Å². The third-order valence-corrected chi connectivity index (χ3v) is 3.25. The lowest BCUT2D eigenvalue weighted by Crippen LogP contribution is -2.15. The van der Waals surface area contributed by atoms with Gasteiger partial charge in [-0.05, 0) is 38.1 Å². The van der Waals surface area contributed by atoms with E-state index in [9.17, 15) is 0 Å². The molecular formula is C15H20N4O. The van der Waals surface area contributed by atoms with Crippen LogP contribution >= 0.6 is 0 Å². The predicted octanol–water partition coefficient (Wildman–Crippen LogP) is 2.91. The minimum absolute atomic E-state index is 0.746. The van der Waals surface area contributed by atoms with Crippen molar-refractivity contribution in [1.82, 2.24) is 9.97 Å². The van der Waals surface area contributed by atoms with Crippen LogP contribution < -0.4 is 15.0 Å². The van der Waals surface area contributed by atoms with Gasteiger partial charge in [-0.25, -0.2) is 9.97 Å². The largest absolute Gasteiger partial charge is 0.497 e. The van der Waals surface area contributed by atoms with Crippen LogP contribution in [0.2, 0.25) is 0 Å². The highest BCUT2D eigenvalue weighted by atomic mass is 16.5. The van der Waals surface area contributed by atoms with E-state index in [2.05, 4.69) is 15.3 Å². The first-order chi connectivity index (χ1) is 9.56. The number of methoxy groups -OCH3 is 1. The van der Waals surface area contributed by atoms with Crippen LogP contribution in [0.15, 0.2) is 24.3 Å². The van der Waals surface area contributed by atoms with Crippen molar-refractivity contribution in [3.63, 3.8) is 0 Å². The van der Waals surface area contributed by atoms with Gasteiger partial charge in [0.2, 0.25) is 0 Å². The molecule has 0 spiro atoms. The first kappa shape index (κ1) is 14.1. The Morgan fingerprint density at radius 1 is 1.10 bits per heavy atom. The van der Waals surface area contributed by atoms with E-state index in [1.807, 2.05) is 57.1 Å². The summed E-state index contributed by atoms with van der Waals surface area (Å²) in [5, 5.41) is 3.10. The van der Waals surface area contributed by atoms with E-state index in [1.165, 1.54) is 0 Å². The summed E-state index contributed by atoms with van der Waals surface area (Å²) >= 11 is 0. The van der Waals surface area contributed by atoms with Crippen molar-refractivity contribution in [1.29, 1.82) is 0 Å². The fraction of sp³-hybridized carbons (Fsp3) is 0.333. The Balaban J connectivity index is 2.41. The molecule has 0 aliphatic carbocycles. The Morgan fingerprint density at radius 3 is 2.30 bits per heavy atom. The summed E-state index contributed by atoms with van der Waals surface area (Å²) in [6.45, 7) is 3.91. The van der Waals surface area contributed by atoms with Crippen LogP contribution in [-0.4, -0.2) is 31.2 Å². The molecule has 0 radical (unpaired) electrons.